The number of nitrogens with zero attached hydrogens (tertiary/aromatic N) is 3. The molecule has 0 spiro atoms. The largest absolute Gasteiger partial charge is 0.496 e. The van der Waals surface area contributed by atoms with Gasteiger partial charge in [0.15, 0.2) is 0 Å². The molecule has 0 aliphatic heterocycles. The van der Waals surface area contributed by atoms with Gasteiger partial charge < -0.3 is 10.1 Å². The Morgan fingerprint density at radius 2 is 1.81 bits per heavy atom. The molecule has 0 atom stereocenters. The summed E-state index contributed by atoms with van der Waals surface area (Å²) in [4.78, 5) is 21.4. The first-order valence-electron chi connectivity index (χ1n) is 8.51. The molecular weight excluding hydrogens is 340 g/mol. The molecule has 0 saturated heterocycles. The van der Waals surface area contributed by atoms with Crippen LogP contribution in [0.2, 0.25) is 0 Å². The quantitative estimate of drug-likeness (QED) is 0.599. The summed E-state index contributed by atoms with van der Waals surface area (Å²) >= 11 is 0. The number of aryl methyl sites for hydroxylation is 1. The zero-order chi connectivity index (χ0) is 18.8. The highest BCUT2D eigenvalue weighted by Crippen LogP contribution is 2.23. The number of nitrogens with one attached hydrogen (secondary N) is 1. The summed E-state index contributed by atoms with van der Waals surface area (Å²) in [6.45, 7) is 1.94. The normalized spacial score (nSPS) is 10.7. The van der Waals surface area contributed by atoms with Crippen LogP contribution in [-0.4, -0.2) is 27.4 Å². The summed E-state index contributed by atoms with van der Waals surface area (Å²) in [6, 6.07) is 16.6. The molecule has 2 heterocycles. The maximum atomic E-state index is 12.5. The van der Waals surface area contributed by atoms with Gasteiger partial charge in [-0.15, -0.1) is 0 Å². The van der Waals surface area contributed by atoms with Gasteiger partial charge in [-0.1, -0.05) is 24.3 Å². The summed E-state index contributed by atoms with van der Waals surface area (Å²) in [5.74, 6) is 0.991. The van der Waals surface area contributed by atoms with Gasteiger partial charge in [0.25, 0.3) is 5.91 Å². The number of carbonyl (C=O) groups excluding carboxylic acids is 1. The first-order chi connectivity index (χ1) is 13.1. The van der Waals surface area contributed by atoms with E-state index in [0.717, 1.165) is 17.0 Å². The Morgan fingerprint density at radius 3 is 2.59 bits per heavy atom. The highest BCUT2D eigenvalue weighted by Gasteiger charge is 2.12. The van der Waals surface area contributed by atoms with Gasteiger partial charge in [-0.3, -0.25) is 9.20 Å². The van der Waals surface area contributed by atoms with E-state index in [0.29, 0.717) is 22.8 Å². The van der Waals surface area contributed by atoms with E-state index in [-0.39, 0.29) is 5.91 Å². The van der Waals surface area contributed by atoms with E-state index in [2.05, 4.69) is 15.3 Å². The van der Waals surface area contributed by atoms with Crippen LogP contribution >= 0.6 is 0 Å². The van der Waals surface area contributed by atoms with E-state index in [1.54, 1.807) is 25.3 Å². The van der Waals surface area contributed by atoms with Crippen LogP contribution in [-0.2, 0) is 0 Å². The zero-order valence-electron chi connectivity index (χ0n) is 15.0. The Kier molecular flexibility index (Phi) is 4.30. The molecule has 0 aliphatic rings. The molecule has 1 N–H and O–H groups in total. The number of amides is 1. The lowest BCUT2D eigenvalue weighted by Gasteiger charge is -2.09. The molecule has 4 rings (SSSR count). The second-order valence-corrected chi connectivity index (χ2v) is 6.13. The van der Waals surface area contributed by atoms with Crippen LogP contribution in [0.1, 0.15) is 16.1 Å². The van der Waals surface area contributed by atoms with Gasteiger partial charge in [-0.05, 0) is 37.3 Å². The number of imidazole rings is 1. The maximum absolute atomic E-state index is 12.5. The van der Waals surface area contributed by atoms with Gasteiger partial charge in [0.1, 0.15) is 5.75 Å². The number of hydrogen-bond acceptors (Lipinski definition) is 4. The van der Waals surface area contributed by atoms with Crippen LogP contribution in [0, 0.1) is 6.92 Å². The lowest BCUT2D eigenvalue weighted by atomic mass is 10.1. The van der Waals surface area contributed by atoms with Gasteiger partial charge in [0, 0.05) is 29.3 Å². The average Bonchev–Trinajstić information content (AvgIpc) is 3.11. The van der Waals surface area contributed by atoms with Crippen molar-refractivity contribution in [2.75, 3.05) is 12.4 Å². The van der Waals surface area contributed by atoms with Crippen molar-refractivity contribution in [3.63, 3.8) is 0 Å². The predicted octanol–water partition coefficient (Wildman–Crippen LogP) is 3.97. The summed E-state index contributed by atoms with van der Waals surface area (Å²) in [5.41, 5.74) is 3.90. The van der Waals surface area contributed by atoms with Crippen molar-refractivity contribution in [3.05, 3.63) is 78.2 Å². The first kappa shape index (κ1) is 16.8. The van der Waals surface area contributed by atoms with Crippen molar-refractivity contribution < 1.29 is 9.53 Å². The van der Waals surface area contributed by atoms with Crippen LogP contribution < -0.4 is 10.1 Å². The smallest absolute Gasteiger partial charge is 0.259 e. The molecule has 4 aromatic rings. The summed E-state index contributed by atoms with van der Waals surface area (Å²) in [6.07, 6.45) is 3.88. The van der Waals surface area contributed by atoms with E-state index in [1.807, 2.05) is 60.1 Å². The molecule has 0 saturated carbocycles. The molecule has 0 fully saturated rings. The molecule has 1 amide bonds. The summed E-state index contributed by atoms with van der Waals surface area (Å²) < 4.78 is 7.13. The van der Waals surface area contributed by atoms with Gasteiger partial charge in [0.05, 0.1) is 18.4 Å². The number of methoxy groups -OCH3 is 1. The Hall–Kier alpha value is -3.67. The van der Waals surface area contributed by atoms with Crippen molar-refractivity contribution in [2.24, 2.45) is 0 Å². The number of ether oxygens (including phenoxy) is 1. The van der Waals surface area contributed by atoms with Gasteiger partial charge in [-0.2, -0.15) is 0 Å². The maximum Gasteiger partial charge on any atom is 0.259 e. The second-order valence-electron chi connectivity index (χ2n) is 6.13. The minimum absolute atomic E-state index is 0.215. The van der Waals surface area contributed by atoms with Crippen molar-refractivity contribution in [1.29, 1.82) is 0 Å². The Balaban J connectivity index is 1.55. The van der Waals surface area contributed by atoms with Crippen LogP contribution in [0.4, 0.5) is 5.69 Å². The van der Waals surface area contributed by atoms with Crippen molar-refractivity contribution in [1.82, 2.24) is 14.4 Å². The van der Waals surface area contributed by atoms with Crippen molar-refractivity contribution in [3.8, 4) is 17.0 Å². The number of aromatic nitrogens is 3. The molecule has 0 radical (unpaired) electrons. The fourth-order valence-electron chi connectivity index (χ4n) is 2.85. The molecule has 6 heteroatoms. The number of rotatable bonds is 4. The van der Waals surface area contributed by atoms with Gasteiger partial charge >= 0.3 is 0 Å². The predicted molar refractivity (Wildman–Crippen MR) is 104 cm³/mol. The van der Waals surface area contributed by atoms with E-state index < -0.39 is 0 Å². The molecular formula is C21H18N4O2. The van der Waals surface area contributed by atoms with Crippen LogP contribution in [0.3, 0.4) is 0 Å². The third-order valence-electron chi connectivity index (χ3n) is 4.26. The molecule has 134 valence electrons. The molecule has 0 unspecified atom stereocenters. The lowest BCUT2D eigenvalue weighted by Crippen LogP contribution is -2.12. The van der Waals surface area contributed by atoms with Gasteiger partial charge in [-0.25, -0.2) is 9.97 Å². The number of hydrogen-bond donors (Lipinski definition) is 1. The lowest BCUT2D eigenvalue weighted by molar-refractivity contribution is 0.102. The molecule has 27 heavy (non-hydrogen) atoms. The molecule has 6 nitrogen and oxygen atoms in total. The van der Waals surface area contributed by atoms with E-state index in [9.17, 15) is 4.79 Å². The van der Waals surface area contributed by atoms with Crippen LogP contribution in [0.25, 0.3) is 17.0 Å². The number of fused-ring (bicyclic) bond motifs is 1. The fraction of sp³-hybridized carbons (Fsp3) is 0.0952. The van der Waals surface area contributed by atoms with E-state index in [4.69, 9.17) is 4.74 Å². The molecule has 2 aromatic heterocycles. The number of carbonyl (C=O) groups is 1. The van der Waals surface area contributed by atoms with Crippen LogP contribution in [0.5, 0.6) is 5.75 Å². The highest BCUT2D eigenvalue weighted by atomic mass is 16.5. The molecule has 2 aromatic carbocycles. The molecule has 0 bridgehead atoms. The van der Waals surface area contributed by atoms with Crippen molar-refractivity contribution in [2.45, 2.75) is 6.92 Å². The second kappa shape index (κ2) is 6.92. The van der Waals surface area contributed by atoms with Crippen molar-refractivity contribution >= 4 is 17.4 Å². The monoisotopic (exact) mass is 358 g/mol. The summed E-state index contributed by atoms with van der Waals surface area (Å²) in [5, 5.41) is 2.89. The standard InChI is InChI=1S/C21H18N4O2/c1-14-11-12-25-13-18(24-21(25)22-14)15-7-9-16(10-8-15)23-20(26)17-5-3-4-6-19(17)27-2/h3-13H,1-2H3,(H,23,26). The third kappa shape index (κ3) is 3.37. The number of benzene rings is 2. The minimum atomic E-state index is -0.215. The van der Waals surface area contributed by atoms with Crippen LogP contribution in [0.15, 0.2) is 67.0 Å². The number of para-hydroxylation sites is 1. The highest BCUT2D eigenvalue weighted by molar-refractivity contribution is 6.06. The topological polar surface area (TPSA) is 68.5 Å². The van der Waals surface area contributed by atoms with E-state index >= 15 is 0 Å². The molecule has 0 aliphatic carbocycles. The Morgan fingerprint density at radius 1 is 1.04 bits per heavy atom. The fourth-order valence-corrected chi connectivity index (χ4v) is 2.85. The average molecular weight is 358 g/mol. The number of anilines is 1. The minimum Gasteiger partial charge on any atom is -0.496 e. The zero-order valence-corrected chi connectivity index (χ0v) is 15.0. The Labute approximate surface area is 156 Å². The first-order valence-corrected chi connectivity index (χ1v) is 8.51. The van der Waals surface area contributed by atoms with Gasteiger partial charge in [0.2, 0.25) is 5.78 Å². The Bertz CT molecular complexity index is 1120. The summed E-state index contributed by atoms with van der Waals surface area (Å²) in [7, 11) is 1.55. The SMILES string of the molecule is COc1ccccc1C(=O)Nc1ccc(-c2cn3ccc(C)nc3n2)cc1. The van der Waals surface area contributed by atoms with E-state index in [1.165, 1.54) is 0 Å². The third-order valence-corrected chi connectivity index (χ3v) is 4.26.